The number of carbonyl (C=O) groups is 1. The molecule has 1 aromatic heterocycles. The number of nitrogens with one attached hydrogen (secondary N) is 2. The molecule has 34 heavy (non-hydrogen) atoms. The number of hydrogen-bond acceptors (Lipinski definition) is 4. The molecule has 0 spiro atoms. The van der Waals surface area contributed by atoms with Crippen LogP contribution in [0.2, 0.25) is 5.04 Å². The number of rotatable bonds is 9. The summed E-state index contributed by atoms with van der Waals surface area (Å²) in [6.07, 6.45) is 1.84. The second-order valence-electron chi connectivity index (χ2n) is 9.37. The number of aromatic nitrogens is 2. The van der Waals surface area contributed by atoms with Crippen LogP contribution in [-0.4, -0.2) is 37.4 Å². The summed E-state index contributed by atoms with van der Waals surface area (Å²) in [5.74, 6) is -0.670. The van der Waals surface area contributed by atoms with Gasteiger partial charge in [0.25, 0.3) is 13.9 Å². The summed E-state index contributed by atoms with van der Waals surface area (Å²) in [4.78, 5) is 38.5. The van der Waals surface area contributed by atoms with E-state index in [1.54, 1.807) is 7.05 Å². The molecule has 1 heterocycles. The smallest absolute Gasteiger partial charge is 0.328 e. The molecule has 0 radical (unpaired) electrons. The predicted molar refractivity (Wildman–Crippen MR) is 137 cm³/mol. The van der Waals surface area contributed by atoms with Gasteiger partial charge in [0.2, 0.25) is 5.91 Å². The first-order chi connectivity index (χ1) is 16.2. The zero-order chi connectivity index (χ0) is 24.8. The summed E-state index contributed by atoms with van der Waals surface area (Å²) >= 11 is 0. The van der Waals surface area contributed by atoms with E-state index in [1.165, 1.54) is 27.2 Å². The quantitative estimate of drug-likeness (QED) is 0.458. The highest BCUT2D eigenvalue weighted by Gasteiger charge is 2.50. The standard InChI is InChI=1S/C26H33N3O4Si/c1-26(2,3)34(21-11-7-5-8-12-21,22-13-9-6-10-14-22)33-18-16-20(24(31)27-4)19-29-17-15-23(30)28-25(29)32/h5-15,17,20H,16,18-19H2,1-4H3,(H,27,31)(H,28,30,32). The third-order valence-corrected chi connectivity index (χ3v) is 11.2. The highest BCUT2D eigenvalue weighted by Crippen LogP contribution is 2.37. The Hall–Kier alpha value is -3.23. The van der Waals surface area contributed by atoms with Gasteiger partial charge in [-0.15, -0.1) is 0 Å². The molecule has 0 aliphatic heterocycles. The molecule has 0 saturated carbocycles. The first-order valence-electron chi connectivity index (χ1n) is 11.5. The van der Waals surface area contributed by atoms with Crippen LogP contribution in [0.15, 0.2) is 82.5 Å². The lowest BCUT2D eigenvalue weighted by molar-refractivity contribution is -0.125. The fourth-order valence-corrected chi connectivity index (χ4v) is 9.03. The van der Waals surface area contributed by atoms with E-state index in [0.717, 1.165) is 0 Å². The molecule has 2 N–H and O–H groups in total. The van der Waals surface area contributed by atoms with E-state index < -0.39 is 25.5 Å². The van der Waals surface area contributed by atoms with Crippen molar-refractivity contribution in [1.82, 2.24) is 14.9 Å². The van der Waals surface area contributed by atoms with E-state index in [-0.39, 0.29) is 17.5 Å². The SMILES string of the molecule is CNC(=O)C(CCO[Si](c1ccccc1)(c1ccccc1)C(C)(C)C)Cn1ccc(=O)[nH]c1=O. The molecule has 180 valence electrons. The first kappa shape index (κ1) is 25.4. The number of aromatic amines is 1. The van der Waals surface area contributed by atoms with Gasteiger partial charge < -0.3 is 9.74 Å². The molecule has 3 rings (SSSR count). The first-order valence-corrected chi connectivity index (χ1v) is 13.4. The molecule has 1 unspecified atom stereocenters. The minimum Gasteiger partial charge on any atom is -0.407 e. The summed E-state index contributed by atoms with van der Waals surface area (Å²) in [5.41, 5.74) is -0.998. The van der Waals surface area contributed by atoms with Crippen molar-refractivity contribution in [1.29, 1.82) is 0 Å². The summed E-state index contributed by atoms with van der Waals surface area (Å²) in [6.45, 7) is 7.11. The van der Waals surface area contributed by atoms with Gasteiger partial charge in [-0.2, -0.15) is 0 Å². The van der Waals surface area contributed by atoms with Crippen molar-refractivity contribution in [3.8, 4) is 0 Å². The third kappa shape index (κ3) is 5.45. The lowest BCUT2D eigenvalue weighted by Crippen LogP contribution is -2.66. The van der Waals surface area contributed by atoms with Crippen LogP contribution >= 0.6 is 0 Å². The fourth-order valence-electron chi connectivity index (χ4n) is 4.45. The fraction of sp³-hybridized carbons (Fsp3) is 0.346. The Balaban J connectivity index is 1.92. The van der Waals surface area contributed by atoms with Crippen molar-refractivity contribution in [2.24, 2.45) is 5.92 Å². The molecule has 0 saturated heterocycles. The number of carbonyl (C=O) groups excluding carboxylic acids is 1. The molecular formula is C26H33N3O4Si. The Kier molecular flexibility index (Phi) is 8.06. The molecule has 7 nitrogen and oxygen atoms in total. The van der Waals surface area contributed by atoms with E-state index >= 15 is 0 Å². The van der Waals surface area contributed by atoms with Gasteiger partial charge in [0.15, 0.2) is 0 Å². The van der Waals surface area contributed by atoms with E-state index in [9.17, 15) is 14.4 Å². The van der Waals surface area contributed by atoms with Gasteiger partial charge >= 0.3 is 5.69 Å². The van der Waals surface area contributed by atoms with Gasteiger partial charge in [-0.1, -0.05) is 81.4 Å². The summed E-state index contributed by atoms with van der Waals surface area (Å²) in [6, 6.07) is 21.9. The van der Waals surface area contributed by atoms with Gasteiger partial charge in [0, 0.05) is 32.5 Å². The van der Waals surface area contributed by atoms with Gasteiger partial charge in [-0.05, 0) is 21.8 Å². The molecule has 3 aromatic rings. The zero-order valence-corrected chi connectivity index (χ0v) is 21.2. The van der Waals surface area contributed by atoms with Gasteiger partial charge in [0.1, 0.15) is 0 Å². The Labute approximate surface area is 200 Å². The van der Waals surface area contributed by atoms with Crippen molar-refractivity contribution < 1.29 is 9.22 Å². The number of H-pyrrole nitrogens is 1. The molecule has 1 amide bonds. The molecule has 0 bridgehead atoms. The van der Waals surface area contributed by atoms with Crippen molar-refractivity contribution >= 4 is 24.6 Å². The van der Waals surface area contributed by atoms with Crippen molar-refractivity contribution in [2.75, 3.05) is 13.7 Å². The van der Waals surface area contributed by atoms with Crippen molar-refractivity contribution in [2.45, 2.75) is 38.8 Å². The maximum Gasteiger partial charge on any atom is 0.328 e. The van der Waals surface area contributed by atoms with Gasteiger partial charge in [-0.25, -0.2) is 4.79 Å². The second-order valence-corrected chi connectivity index (χ2v) is 13.7. The van der Waals surface area contributed by atoms with E-state index in [0.29, 0.717) is 13.0 Å². The minimum atomic E-state index is -2.72. The van der Waals surface area contributed by atoms with E-state index in [1.807, 2.05) is 36.4 Å². The maximum absolute atomic E-state index is 12.6. The lowest BCUT2D eigenvalue weighted by atomic mass is 10.1. The molecule has 0 aliphatic rings. The average Bonchev–Trinajstić information content (AvgIpc) is 2.82. The predicted octanol–water partition coefficient (Wildman–Crippen LogP) is 1.87. The van der Waals surface area contributed by atoms with Crippen LogP contribution in [0.25, 0.3) is 0 Å². The normalized spacial score (nSPS) is 12.8. The van der Waals surface area contributed by atoms with Crippen LogP contribution in [0.5, 0.6) is 0 Å². The molecule has 8 heteroatoms. The highest BCUT2D eigenvalue weighted by molar-refractivity contribution is 6.99. The van der Waals surface area contributed by atoms with Crippen molar-refractivity contribution in [3.63, 3.8) is 0 Å². The Bertz CT molecular complexity index is 1160. The molecule has 0 fully saturated rings. The van der Waals surface area contributed by atoms with Crippen LogP contribution in [0.1, 0.15) is 27.2 Å². The number of benzene rings is 2. The van der Waals surface area contributed by atoms with Crippen LogP contribution in [0.3, 0.4) is 0 Å². The third-order valence-electron chi connectivity index (χ3n) is 6.13. The maximum atomic E-state index is 12.6. The molecular weight excluding hydrogens is 446 g/mol. The topological polar surface area (TPSA) is 93.2 Å². The van der Waals surface area contributed by atoms with Gasteiger partial charge in [0.05, 0.1) is 5.92 Å². The van der Waals surface area contributed by atoms with Crippen LogP contribution in [0.4, 0.5) is 0 Å². The largest absolute Gasteiger partial charge is 0.407 e. The Morgan fingerprint density at radius 2 is 1.56 bits per heavy atom. The minimum absolute atomic E-state index is 0.152. The molecule has 2 aromatic carbocycles. The Morgan fingerprint density at radius 3 is 2.03 bits per heavy atom. The molecule has 0 aliphatic carbocycles. The zero-order valence-electron chi connectivity index (χ0n) is 20.2. The van der Waals surface area contributed by atoms with Crippen LogP contribution < -0.4 is 26.9 Å². The summed E-state index contributed by atoms with van der Waals surface area (Å²) in [7, 11) is -1.14. The number of nitrogens with zero attached hydrogens (tertiary/aromatic N) is 1. The van der Waals surface area contributed by atoms with E-state index in [4.69, 9.17) is 4.43 Å². The monoisotopic (exact) mass is 479 g/mol. The second kappa shape index (κ2) is 10.8. The van der Waals surface area contributed by atoms with Gasteiger partial charge in [-0.3, -0.25) is 19.1 Å². The Morgan fingerprint density at radius 1 is 1.00 bits per heavy atom. The van der Waals surface area contributed by atoms with E-state index in [2.05, 4.69) is 55.3 Å². The number of amides is 1. The van der Waals surface area contributed by atoms with Crippen molar-refractivity contribution in [3.05, 3.63) is 93.8 Å². The van der Waals surface area contributed by atoms with Crippen LogP contribution in [-0.2, 0) is 15.8 Å². The summed E-state index contributed by atoms with van der Waals surface area (Å²) < 4.78 is 8.24. The van der Waals surface area contributed by atoms with Crippen LogP contribution in [0, 0.1) is 5.92 Å². The number of hydrogen-bond donors (Lipinski definition) is 2. The lowest BCUT2D eigenvalue weighted by Gasteiger charge is -2.43. The highest BCUT2D eigenvalue weighted by atomic mass is 28.4. The molecule has 1 atom stereocenters. The summed E-state index contributed by atoms with van der Waals surface area (Å²) in [5, 5.41) is 4.85. The average molecular weight is 480 g/mol.